The quantitative estimate of drug-likeness (QED) is 0.549. The standard InChI is InChI=1S/C19H28N2O6/c1-7-11(2)26-17(24)15(16(22)23)12(3)13-8-9-14(20-10-13)21-18(25)27-19(4,5)6/h8-12,15H,7H2,1-6H3,(H,22,23)(H,20,21,25). The average Bonchev–Trinajstić information content (AvgIpc) is 2.53. The minimum atomic E-state index is -1.34. The number of carboxylic acids is 1. The number of ether oxygens (including phenoxy) is 2. The Hall–Kier alpha value is -2.64. The van der Waals surface area contributed by atoms with Crippen LogP contribution < -0.4 is 5.32 Å². The number of carboxylic acid groups (broad SMARTS) is 1. The highest BCUT2D eigenvalue weighted by atomic mass is 16.6. The van der Waals surface area contributed by atoms with Gasteiger partial charge in [-0.3, -0.25) is 14.9 Å². The molecule has 150 valence electrons. The van der Waals surface area contributed by atoms with Crippen LogP contribution in [-0.2, 0) is 19.1 Å². The molecular weight excluding hydrogens is 352 g/mol. The van der Waals surface area contributed by atoms with Crippen LogP contribution >= 0.6 is 0 Å². The molecule has 0 aliphatic rings. The lowest BCUT2D eigenvalue weighted by Crippen LogP contribution is -2.32. The van der Waals surface area contributed by atoms with Crippen LogP contribution in [0.25, 0.3) is 0 Å². The van der Waals surface area contributed by atoms with Crippen LogP contribution in [0.3, 0.4) is 0 Å². The van der Waals surface area contributed by atoms with E-state index in [1.165, 1.54) is 12.3 Å². The predicted molar refractivity (Wildman–Crippen MR) is 99.5 cm³/mol. The molecule has 1 amide bonds. The van der Waals surface area contributed by atoms with Crippen LogP contribution in [0.4, 0.5) is 10.6 Å². The molecule has 3 unspecified atom stereocenters. The number of aromatic nitrogens is 1. The Morgan fingerprint density at radius 1 is 1.22 bits per heavy atom. The van der Waals surface area contributed by atoms with Gasteiger partial charge in [-0.25, -0.2) is 9.78 Å². The lowest BCUT2D eigenvalue weighted by Gasteiger charge is -2.21. The molecule has 0 aliphatic heterocycles. The van der Waals surface area contributed by atoms with Crippen molar-refractivity contribution in [3.8, 4) is 0 Å². The molecule has 1 heterocycles. The minimum Gasteiger partial charge on any atom is -0.481 e. The summed E-state index contributed by atoms with van der Waals surface area (Å²) in [6.07, 6.45) is 1.02. The van der Waals surface area contributed by atoms with Crippen molar-refractivity contribution in [2.75, 3.05) is 5.32 Å². The molecular formula is C19H28N2O6. The fourth-order valence-electron chi connectivity index (χ4n) is 2.22. The number of carbonyl (C=O) groups is 3. The topological polar surface area (TPSA) is 115 Å². The summed E-state index contributed by atoms with van der Waals surface area (Å²) in [5.74, 6) is -3.77. The number of carbonyl (C=O) groups excluding carboxylic acids is 2. The van der Waals surface area contributed by atoms with Gasteiger partial charge in [0.15, 0.2) is 5.92 Å². The third-order valence-electron chi connectivity index (χ3n) is 3.85. The summed E-state index contributed by atoms with van der Waals surface area (Å²) in [5.41, 5.74) is -0.0956. The molecule has 0 saturated heterocycles. The lowest BCUT2D eigenvalue weighted by molar-refractivity contribution is -0.162. The van der Waals surface area contributed by atoms with Crippen molar-refractivity contribution in [3.05, 3.63) is 23.9 Å². The fourth-order valence-corrected chi connectivity index (χ4v) is 2.22. The maximum Gasteiger partial charge on any atom is 0.413 e. The molecule has 1 aromatic heterocycles. The van der Waals surface area contributed by atoms with Crippen LogP contribution in [0.15, 0.2) is 18.3 Å². The fraction of sp³-hybridized carbons (Fsp3) is 0.579. The van der Waals surface area contributed by atoms with Gasteiger partial charge in [-0.1, -0.05) is 19.9 Å². The molecule has 8 nitrogen and oxygen atoms in total. The summed E-state index contributed by atoms with van der Waals surface area (Å²) in [5, 5.41) is 11.9. The lowest BCUT2D eigenvalue weighted by atomic mass is 9.88. The normalized spacial score (nSPS) is 14.6. The van der Waals surface area contributed by atoms with Gasteiger partial charge in [-0.15, -0.1) is 0 Å². The molecule has 0 aromatic carbocycles. The number of esters is 1. The average molecular weight is 380 g/mol. The third-order valence-corrected chi connectivity index (χ3v) is 3.85. The SMILES string of the molecule is CCC(C)OC(=O)C(C(=O)O)C(C)c1ccc(NC(=O)OC(C)(C)C)nc1. The zero-order valence-corrected chi connectivity index (χ0v) is 16.6. The maximum atomic E-state index is 12.2. The molecule has 0 spiro atoms. The molecule has 0 saturated carbocycles. The van der Waals surface area contributed by atoms with Crippen LogP contribution in [0, 0.1) is 5.92 Å². The molecule has 3 atom stereocenters. The van der Waals surface area contributed by atoms with Crippen molar-refractivity contribution in [1.82, 2.24) is 4.98 Å². The van der Waals surface area contributed by atoms with Gasteiger partial charge in [0.2, 0.25) is 0 Å². The Morgan fingerprint density at radius 2 is 1.85 bits per heavy atom. The van der Waals surface area contributed by atoms with E-state index >= 15 is 0 Å². The first-order valence-electron chi connectivity index (χ1n) is 8.83. The number of hydrogen-bond acceptors (Lipinski definition) is 6. The molecule has 0 fully saturated rings. The zero-order valence-electron chi connectivity index (χ0n) is 16.6. The highest BCUT2D eigenvalue weighted by Crippen LogP contribution is 2.26. The third kappa shape index (κ3) is 7.24. The monoisotopic (exact) mass is 380 g/mol. The van der Waals surface area contributed by atoms with Gasteiger partial charge in [0, 0.05) is 12.1 Å². The molecule has 8 heteroatoms. The first-order valence-corrected chi connectivity index (χ1v) is 8.83. The van der Waals surface area contributed by atoms with Gasteiger partial charge >= 0.3 is 18.0 Å². The van der Waals surface area contributed by atoms with Crippen molar-refractivity contribution in [2.45, 2.75) is 65.6 Å². The molecule has 0 aliphatic carbocycles. The van der Waals surface area contributed by atoms with Crippen molar-refractivity contribution >= 4 is 23.8 Å². The summed E-state index contributed by atoms with van der Waals surface area (Å²) in [4.78, 5) is 39.6. The summed E-state index contributed by atoms with van der Waals surface area (Å²) in [7, 11) is 0. The largest absolute Gasteiger partial charge is 0.481 e. The van der Waals surface area contributed by atoms with Crippen LogP contribution in [0.2, 0.25) is 0 Å². The van der Waals surface area contributed by atoms with Gasteiger partial charge in [-0.2, -0.15) is 0 Å². The second-order valence-corrected chi connectivity index (χ2v) is 7.36. The number of nitrogens with zero attached hydrogens (tertiary/aromatic N) is 1. The Morgan fingerprint density at radius 3 is 2.30 bits per heavy atom. The smallest absolute Gasteiger partial charge is 0.413 e. The molecule has 1 rings (SSSR count). The maximum absolute atomic E-state index is 12.2. The Labute approximate surface area is 159 Å². The van der Waals surface area contributed by atoms with E-state index in [1.807, 2.05) is 6.92 Å². The van der Waals surface area contributed by atoms with Gasteiger partial charge in [0.1, 0.15) is 11.4 Å². The van der Waals surface area contributed by atoms with Crippen molar-refractivity contribution in [2.24, 2.45) is 5.92 Å². The first-order chi connectivity index (χ1) is 12.4. The minimum absolute atomic E-state index is 0.259. The van der Waals surface area contributed by atoms with Crippen molar-refractivity contribution < 1.29 is 29.0 Å². The molecule has 2 N–H and O–H groups in total. The number of rotatable bonds is 7. The molecule has 0 bridgehead atoms. The van der Waals surface area contributed by atoms with Crippen LogP contribution in [-0.4, -0.2) is 39.8 Å². The van der Waals surface area contributed by atoms with Crippen molar-refractivity contribution in [1.29, 1.82) is 0 Å². The number of nitrogens with one attached hydrogen (secondary N) is 1. The number of amides is 1. The van der Waals surface area contributed by atoms with E-state index < -0.39 is 35.5 Å². The van der Waals surface area contributed by atoms with E-state index in [0.717, 1.165) is 0 Å². The highest BCUT2D eigenvalue weighted by Gasteiger charge is 2.35. The van der Waals surface area contributed by atoms with Gasteiger partial charge in [0.05, 0.1) is 6.10 Å². The molecule has 27 heavy (non-hydrogen) atoms. The highest BCUT2D eigenvalue weighted by molar-refractivity contribution is 5.95. The predicted octanol–water partition coefficient (Wildman–Crippen LogP) is 3.57. The van der Waals surface area contributed by atoms with E-state index in [1.54, 1.807) is 40.7 Å². The first kappa shape index (κ1) is 22.4. The van der Waals surface area contributed by atoms with E-state index in [4.69, 9.17) is 9.47 Å². The number of anilines is 1. The van der Waals surface area contributed by atoms with Gasteiger partial charge < -0.3 is 14.6 Å². The Balaban J connectivity index is 2.86. The number of pyridine rings is 1. The number of aliphatic carboxylic acids is 1. The zero-order chi connectivity index (χ0) is 20.8. The number of hydrogen-bond donors (Lipinski definition) is 2. The van der Waals surface area contributed by atoms with Crippen LogP contribution in [0.5, 0.6) is 0 Å². The van der Waals surface area contributed by atoms with E-state index in [0.29, 0.717) is 12.0 Å². The summed E-state index contributed by atoms with van der Waals surface area (Å²) in [6, 6.07) is 3.13. The second kappa shape index (κ2) is 9.34. The van der Waals surface area contributed by atoms with Gasteiger partial charge in [-0.05, 0) is 45.7 Å². The second-order valence-electron chi connectivity index (χ2n) is 7.36. The van der Waals surface area contributed by atoms with Crippen LogP contribution in [0.1, 0.15) is 59.4 Å². The Kier molecular flexibility index (Phi) is 7.75. The molecule has 0 radical (unpaired) electrons. The van der Waals surface area contributed by atoms with Crippen molar-refractivity contribution in [3.63, 3.8) is 0 Å². The van der Waals surface area contributed by atoms with E-state index in [2.05, 4.69) is 10.3 Å². The van der Waals surface area contributed by atoms with E-state index in [-0.39, 0.29) is 11.9 Å². The Bertz CT molecular complexity index is 666. The van der Waals surface area contributed by atoms with Gasteiger partial charge in [0.25, 0.3) is 0 Å². The summed E-state index contributed by atoms with van der Waals surface area (Å²) in [6.45, 7) is 10.4. The summed E-state index contributed by atoms with van der Waals surface area (Å²) >= 11 is 0. The summed E-state index contributed by atoms with van der Waals surface area (Å²) < 4.78 is 10.3. The van der Waals surface area contributed by atoms with E-state index in [9.17, 15) is 19.5 Å². The molecule has 1 aromatic rings.